The van der Waals surface area contributed by atoms with Gasteiger partial charge in [-0.05, 0) is 39.5 Å². The second-order valence-corrected chi connectivity index (χ2v) is 6.36. The standard InChI is InChI=1S/C8H7NS2.C6H4BrF2N/c10-6-4-7(9-5-6)8-2-1-3-11-8;7-3-1-5(9)6(10)2-4(3)8/h1-5,9-10H;1-2H,10H2. The van der Waals surface area contributed by atoms with E-state index in [1.807, 2.05) is 18.3 Å². The van der Waals surface area contributed by atoms with E-state index in [0.29, 0.717) is 0 Å². The van der Waals surface area contributed by atoms with Gasteiger partial charge in [-0.1, -0.05) is 6.07 Å². The summed E-state index contributed by atoms with van der Waals surface area (Å²) in [5.74, 6) is -1.17. The maximum absolute atomic E-state index is 12.5. The van der Waals surface area contributed by atoms with Gasteiger partial charge < -0.3 is 10.7 Å². The molecule has 2 nitrogen and oxygen atoms in total. The summed E-state index contributed by atoms with van der Waals surface area (Å²) in [5.41, 5.74) is 6.02. The molecule has 0 aliphatic heterocycles. The highest BCUT2D eigenvalue weighted by Crippen LogP contribution is 2.24. The van der Waals surface area contributed by atoms with Crippen molar-refractivity contribution >= 4 is 45.6 Å². The van der Waals surface area contributed by atoms with E-state index in [-0.39, 0.29) is 10.2 Å². The Morgan fingerprint density at radius 1 is 1.19 bits per heavy atom. The summed E-state index contributed by atoms with van der Waals surface area (Å²) in [4.78, 5) is 5.38. The lowest BCUT2D eigenvalue weighted by molar-refractivity contribution is 0.598. The van der Waals surface area contributed by atoms with Crippen molar-refractivity contribution in [1.29, 1.82) is 0 Å². The zero-order chi connectivity index (χ0) is 15.4. The molecule has 0 bridgehead atoms. The van der Waals surface area contributed by atoms with Crippen LogP contribution in [0.4, 0.5) is 14.5 Å². The molecule has 0 saturated carbocycles. The minimum absolute atomic E-state index is 0.0826. The summed E-state index contributed by atoms with van der Waals surface area (Å²) < 4.78 is 25.0. The number of hydrogen-bond donors (Lipinski definition) is 3. The van der Waals surface area contributed by atoms with E-state index in [1.54, 1.807) is 11.3 Å². The SMILES string of the molecule is Nc1cc(F)c(Br)cc1F.Sc1c[nH]c(-c2cccs2)c1. The van der Waals surface area contributed by atoms with Gasteiger partial charge in [0.05, 0.1) is 20.7 Å². The number of thiophene rings is 1. The molecule has 0 aliphatic carbocycles. The number of H-pyrrole nitrogens is 1. The molecule has 1 aromatic carbocycles. The van der Waals surface area contributed by atoms with Crippen molar-refractivity contribution in [2.75, 3.05) is 5.73 Å². The van der Waals surface area contributed by atoms with Crippen molar-refractivity contribution in [2.45, 2.75) is 4.90 Å². The molecule has 110 valence electrons. The van der Waals surface area contributed by atoms with E-state index >= 15 is 0 Å². The molecule has 7 heteroatoms. The molecule has 0 spiro atoms. The van der Waals surface area contributed by atoms with Crippen LogP contribution in [0.15, 0.2) is 51.3 Å². The Hall–Kier alpha value is -1.31. The average Bonchev–Trinajstić information content (AvgIpc) is 3.08. The van der Waals surface area contributed by atoms with Crippen LogP contribution in [0, 0.1) is 11.6 Å². The molecule has 3 N–H and O–H groups in total. The molecule has 0 saturated heterocycles. The van der Waals surface area contributed by atoms with Gasteiger partial charge in [0.1, 0.15) is 11.6 Å². The molecule has 0 aliphatic rings. The van der Waals surface area contributed by atoms with Gasteiger partial charge in [0.25, 0.3) is 0 Å². The first-order valence-electron chi connectivity index (χ1n) is 5.78. The first-order valence-corrected chi connectivity index (χ1v) is 7.90. The smallest absolute Gasteiger partial charge is 0.147 e. The Morgan fingerprint density at radius 3 is 2.48 bits per heavy atom. The van der Waals surface area contributed by atoms with Crippen LogP contribution in [0.25, 0.3) is 10.6 Å². The Kier molecular flexibility index (Phi) is 5.44. The van der Waals surface area contributed by atoms with Crippen molar-refractivity contribution in [3.05, 3.63) is 58.0 Å². The Labute approximate surface area is 138 Å². The highest BCUT2D eigenvalue weighted by molar-refractivity contribution is 9.10. The van der Waals surface area contributed by atoms with Crippen LogP contribution in [0.2, 0.25) is 0 Å². The molecule has 3 rings (SSSR count). The first kappa shape index (κ1) is 16.1. The van der Waals surface area contributed by atoms with Crippen molar-refractivity contribution < 1.29 is 8.78 Å². The van der Waals surface area contributed by atoms with Crippen LogP contribution in [-0.2, 0) is 0 Å². The molecule has 3 aromatic rings. The van der Waals surface area contributed by atoms with Crippen LogP contribution in [0.5, 0.6) is 0 Å². The maximum atomic E-state index is 12.5. The second-order valence-electron chi connectivity index (χ2n) is 4.04. The zero-order valence-electron chi connectivity index (χ0n) is 10.6. The van der Waals surface area contributed by atoms with Crippen LogP contribution in [0.1, 0.15) is 0 Å². The Bertz CT molecular complexity index is 676. The normalized spacial score (nSPS) is 10.1. The van der Waals surface area contributed by atoms with Crippen LogP contribution < -0.4 is 5.73 Å². The fourth-order valence-corrected chi connectivity index (χ4v) is 2.71. The Morgan fingerprint density at radius 2 is 1.95 bits per heavy atom. The first-order chi connectivity index (χ1) is 9.97. The van der Waals surface area contributed by atoms with E-state index < -0.39 is 11.6 Å². The third-order valence-electron chi connectivity index (χ3n) is 2.49. The summed E-state index contributed by atoms with van der Waals surface area (Å²) in [6, 6.07) is 8.07. The Balaban J connectivity index is 0.000000155. The molecule has 21 heavy (non-hydrogen) atoms. The third kappa shape index (κ3) is 4.33. The molecular formula is C14H11BrF2N2S2. The van der Waals surface area contributed by atoms with E-state index in [2.05, 4.69) is 45.0 Å². The van der Waals surface area contributed by atoms with E-state index in [1.165, 1.54) is 4.88 Å². The number of aromatic nitrogens is 1. The summed E-state index contributed by atoms with van der Waals surface area (Å²) in [6.07, 6.45) is 1.89. The van der Waals surface area contributed by atoms with Gasteiger partial charge >= 0.3 is 0 Å². The fraction of sp³-hybridized carbons (Fsp3) is 0. The number of nitrogen functional groups attached to an aromatic ring is 1. The van der Waals surface area contributed by atoms with Gasteiger partial charge in [0, 0.05) is 17.2 Å². The van der Waals surface area contributed by atoms with Gasteiger partial charge in [-0.15, -0.1) is 24.0 Å². The zero-order valence-corrected chi connectivity index (χ0v) is 13.9. The van der Waals surface area contributed by atoms with E-state index in [4.69, 9.17) is 5.73 Å². The summed E-state index contributed by atoms with van der Waals surface area (Å²) >= 11 is 8.74. The highest BCUT2D eigenvalue weighted by atomic mass is 79.9. The summed E-state index contributed by atoms with van der Waals surface area (Å²) in [5, 5.41) is 2.06. The average molecular weight is 389 g/mol. The number of benzene rings is 1. The lowest BCUT2D eigenvalue weighted by Gasteiger charge is -1.97. The quantitative estimate of drug-likeness (QED) is 0.294. The molecule has 0 atom stereocenters. The maximum Gasteiger partial charge on any atom is 0.147 e. The van der Waals surface area contributed by atoms with Crippen LogP contribution in [-0.4, -0.2) is 4.98 Å². The topological polar surface area (TPSA) is 41.8 Å². The number of nitrogens with one attached hydrogen (secondary N) is 1. The van der Waals surface area contributed by atoms with Gasteiger partial charge in [0.2, 0.25) is 0 Å². The summed E-state index contributed by atoms with van der Waals surface area (Å²) in [7, 11) is 0. The predicted octanol–water partition coefficient (Wildman–Crippen LogP) is 5.34. The van der Waals surface area contributed by atoms with Crippen molar-refractivity contribution in [3.63, 3.8) is 0 Å². The lowest BCUT2D eigenvalue weighted by Crippen LogP contribution is -1.91. The molecule has 2 aromatic heterocycles. The number of rotatable bonds is 1. The molecule has 2 heterocycles. The fourth-order valence-electron chi connectivity index (χ4n) is 1.49. The molecule has 0 fully saturated rings. The molecule has 0 radical (unpaired) electrons. The van der Waals surface area contributed by atoms with Crippen molar-refractivity contribution in [3.8, 4) is 10.6 Å². The van der Waals surface area contributed by atoms with E-state index in [0.717, 1.165) is 22.7 Å². The monoisotopic (exact) mass is 388 g/mol. The van der Waals surface area contributed by atoms with Crippen LogP contribution in [0.3, 0.4) is 0 Å². The molecular weight excluding hydrogens is 378 g/mol. The van der Waals surface area contributed by atoms with Crippen LogP contribution >= 0.6 is 39.9 Å². The number of anilines is 1. The number of nitrogens with two attached hydrogens (primary N) is 1. The van der Waals surface area contributed by atoms with Crippen molar-refractivity contribution in [1.82, 2.24) is 4.98 Å². The number of thiol groups is 1. The van der Waals surface area contributed by atoms with Gasteiger partial charge in [-0.25, -0.2) is 8.78 Å². The lowest BCUT2D eigenvalue weighted by atomic mass is 10.3. The van der Waals surface area contributed by atoms with Gasteiger partial charge in [-0.3, -0.25) is 0 Å². The number of hydrogen-bond acceptors (Lipinski definition) is 3. The number of aromatic amines is 1. The highest BCUT2D eigenvalue weighted by Gasteiger charge is 2.03. The summed E-state index contributed by atoms with van der Waals surface area (Å²) in [6.45, 7) is 0. The van der Waals surface area contributed by atoms with Crippen molar-refractivity contribution in [2.24, 2.45) is 0 Å². The molecule has 0 amide bonds. The minimum atomic E-state index is -0.617. The minimum Gasteiger partial charge on any atom is -0.396 e. The molecule has 0 unspecified atom stereocenters. The van der Waals surface area contributed by atoms with E-state index in [9.17, 15) is 8.78 Å². The predicted molar refractivity (Wildman–Crippen MR) is 89.8 cm³/mol. The van der Waals surface area contributed by atoms with Gasteiger partial charge in [-0.2, -0.15) is 0 Å². The number of halogens is 3. The largest absolute Gasteiger partial charge is 0.396 e. The second kappa shape index (κ2) is 7.11. The third-order valence-corrected chi connectivity index (χ3v) is 4.26. The van der Waals surface area contributed by atoms with Gasteiger partial charge in [0.15, 0.2) is 0 Å².